The van der Waals surface area contributed by atoms with Crippen LogP contribution in [0.25, 0.3) is 0 Å². The number of carboxylic acid groups (broad SMARTS) is 2. The molecule has 0 saturated carbocycles. The quantitative estimate of drug-likeness (QED) is 0.0523. The number of hydrogen-bond donors (Lipinski definition) is 6. The average molecular weight is 623 g/mol. The van der Waals surface area contributed by atoms with Crippen molar-refractivity contribution in [3.05, 3.63) is 0 Å². The van der Waals surface area contributed by atoms with Gasteiger partial charge in [0, 0.05) is 78.7 Å². The number of rotatable bonds is 22. The number of carbonyl (C=O) groups excluding carboxylic acids is 1. The molecule has 0 aliphatic carbocycles. The van der Waals surface area contributed by atoms with Crippen molar-refractivity contribution in [3.8, 4) is 0 Å². The van der Waals surface area contributed by atoms with E-state index < -0.39 is 18.2 Å². The van der Waals surface area contributed by atoms with E-state index in [9.17, 15) is 34.8 Å². The molecule has 1 saturated heterocycles. The lowest BCUT2D eigenvalue weighted by molar-refractivity contribution is -0.140. The van der Waals surface area contributed by atoms with Crippen LogP contribution in [0.15, 0.2) is 0 Å². The summed E-state index contributed by atoms with van der Waals surface area (Å²) in [5.41, 5.74) is 0. The number of carboxylic acids is 2. The molecular formula is C27H54N6O10. The van der Waals surface area contributed by atoms with Crippen LogP contribution in [0.3, 0.4) is 0 Å². The molecule has 0 bridgehead atoms. The number of ether oxygens (including phenoxy) is 3. The van der Waals surface area contributed by atoms with Crippen LogP contribution in [-0.2, 0) is 28.6 Å². The molecule has 1 amide bonds. The van der Waals surface area contributed by atoms with Crippen LogP contribution in [0.1, 0.15) is 12.8 Å². The number of hydrogen-bond acceptors (Lipinski definition) is 13. The largest absolute Gasteiger partial charge is 0.480 e. The minimum absolute atomic E-state index is 0.0120. The Hall–Kier alpha value is -1.99. The van der Waals surface area contributed by atoms with E-state index in [0.717, 1.165) is 13.0 Å². The Balaban J connectivity index is 2.45. The van der Waals surface area contributed by atoms with Crippen molar-refractivity contribution in [1.82, 2.24) is 30.2 Å². The van der Waals surface area contributed by atoms with Crippen molar-refractivity contribution in [2.45, 2.75) is 19.1 Å². The molecule has 1 rings (SSSR count). The molecule has 0 aromatic heterocycles. The minimum Gasteiger partial charge on any atom is -0.480 e. The first-order valence-corrected chi connectivity index (χ1v) is 15.0. The number of aliphatic hydroxyl groups excluding tert-OH is 1. The Morgan fingerprint density at radius 2 is 1.02 bits per heavy atom. The summed E-state index contributed by atoms with van der Waals surface area (Å²) in [6.45, 7) is 7.34. The third kappa shape index (κ3) is 23.1. The summed E-state index contributed by atoms with van der Waals surface area (Å²) >= 11 is 0. The van der Waals surface area contributed by atoms with Gasteiger partial charge in [-0.15, -0.1) is 0 Å². The molecule has 0 unspecified atom stereocenters. The summed E-state index contributed by atoms with van der Waals surface area (Å²) in [6.07, 6.45) is 0.0521. The van der Waals surface area contributed by atoms with Gasteiger partial charge in [-0.1, -0.05) is 0 Å². The smallest absolute Gasteiger partial charge is 0.317 e. The first kappa shape index (κ1) is 39.0. The SMILES string of the molecule is CNCCCOCCOCCOCCCNC(=O)CN1CCN(CC(=O)O)CCN(CC(=O)O)CCN(CC(O)O)CC1. The van der Waals surface area contributed by atoms with Gasteiger partial charge in [0.1, 0.15) is 0 Å². The van der Waals surface area contributed by atoms with Crippen molar-refractivity contribution in [2.24, 2.45) is 0 Å². The molecule has 43 heavy (non-hydrogen) atoms. The summed E-state index contributed by atoms with van der Waals surface area (Å²) in [6, 6.07) is 0. The monoisotopic (exact) mass is 622 g/mol. The van der Waals surface area contributed by atoms with E-state index in [1.54, 1.807) is 9.80 Å². The molecular weight excluding hydrogens is 568 g/mol. The molecule has 252 valence electrons. The fraction of sp³-hybridized carbons (Fsp3) is 0.889. The highest BCUT2D eigenvalue weighted by atomic mass is 16.5. The third-order valence-electron chi connectivity index (χ3n) is 6.68. The lowest BCUT2D eigenvalue weighted by atomic mass is 10.3. The maximum Gasteiger partial charge on any atom is 0.317 e. The van der Waals surface area contributed by atoms with Crippen LogP contribution in [0.2, 0.25) is 0 Å². The Labute approximate surface area is 254 Å². The second kappa shape index (κ2) is 25.3. The van der Waals surface area contributed by atoms with Gasteiger partial charge in [0.2, 0.25) is 5.91 Å². The topological polar surface area (TPSA) is 197 Å². The van der Waals surface area contributed by atoms with Crippen LogP contribution in [0, 0.1) is 0 Å². The van der Waals surface area contributed by atoms with E-state index in [1.807, 2.05) is 16.8 Å². The van der Waals surface area contributed by atoms with Crippen molar-refractivity contribution < 1.29 is 49.0 Å². The summed E-state index contributed by atoms with van der Waals surface area (Å²) in [4.78, 5) is 42.6. The average Bonchev–Trinajstić information content (AvgIpc) is 2.93. The van der Waals surface area contributed by atoms with Crippen molar-refractivity contribution in [1.29, 1.82) is 0 Å². The first-order chi connectivity index (χ1) is 20.7. The van der Waals surface area contributed by atoms with Crippen molar-refractivity contribution >= 4 is 17.8 Å². The lowest BCUT2D eigenvalue weighted by Gasteiger charge is -2.33. The number of nitrogens with one attached hydrogen (secondary N) is 2. The van der Waals surface area contributed by atoms with E-state index in [4.69, 9.17) is 14.2 Å². The Morgan fingerprint density at radius 3 is 1.44 bits per heavy atom. The van der Waals surface area contributed by atoms with Crippen LogP contribution in [0.5, 0.6) is 0 Å². The first-order valence-electron chi connectivity index (χ1n) is 15.0. The number of β-amino-alcohol motifs (C(OH)–C–C–N with tert-alkyl or cyclic N) is 2. The fourth-order valence-corrected chi connectivity index (χ4v) is 4.40. The maximum absolute atomic E-state index is 12.7. The molecule has 0 aromatic rings. The number of amides is 1. The van der Waals surface area contributed by atoms with E-state index in [0.29, 0.717) is 105 Å². The molecule has 0 radical (unpaired) electrons. The van der Waals surface area contributed by atoms with Crippen molar-refractivity contribution in [3.63, 3.8) is 0 Å². The summed E-state index contributed by atoms with van der Waals surface area (Å²) in [5.74, 6) is -2.14. The Bertz CT molecular complexity index is 751. The predicted octanol–water partition coefficient (Wildman–Crippen LogP) is -3.15. The molecule has 0 atom stereocenters. The zero-order valence-corrected chi connectivity index (χ0v) is 25.7. The zero-order chi connectivity index (χ0) is 31.7. The zero-order valence-electron chi connectivity index (χ0n) is 25.7. The van der Waals surface area contributed by atoms with Crippen LogP contribution in [-0.4, -0.2) is 202 Å². The van der Waals surface area contributed by atoms with Crippen molar-refractivity contribution in [2.75, 3.05) is 138 Å². The standard InChI is InChI=1S/C27H54N6O10/c1-28-4-2-14-41-16-18-43-19-17-42-15-3-5-29-24(34)20-30-6-8-31(21-25(35)36)10-12-33(23-27(39)40)13-11-32(9-7-30)22-26(37)38/h25,28,35-36H,2-23H2,1H3,(H,29,34)(H,37,38)(H,39,40). The Kier molecular flexibility index (Phi) is 23.0. The molecule has 0 spiro atoms. The van der Waals surface area contributed by atoms with Gasteiger partial charge in [0.15, 0.2) is 6.29 Å². The number of aliphatic hydroxyl groups is 2. The molecule has 1 heterocycles. The highest BCUT2D eigenvalue weighted by Crippen LogP contribution is 2.02. The van der Waals surface area contributed by atoms with Gasteiger partial charge < -0.3 is 45.3 Å². The van der Waals surface area contributed by atoms with Gasteiger partial charge in [0.05, 0.1) is 46.1 Å². The minimum atomic E-state index is -1.55. The van der Waals surface area contributed by atoms with Crippen LogP contribution >= 0.6 is 0 Å². The van der Waals surface area contributed by atoms with E-state index >= 15 is 0 Å². The normalized spacial score (nSPS) is 17.0. The predicted molar refractivity (Wildman–Crippen MR) is 158 cm³/mol. The summed E-state index contributed by atoms with van der Waals surface area (Å²) in [7, 11) is 1.91. The molecule has 6 N–H and O–H groups in total. The molecule has 1 aliphatic heterocycles. The van der Waals surface area contributed by atoms with E-state index in [1.165, 1.54) is 0 Å². The molecule has 1 aliphatic rings. The van der Waals surface area contributed by atoms with Gasteiger partial charge in [-0.2, -0.15) is 0 Å². The lowest BCUT2D eigenvalue weighted by Crippen LogP contribution is -2.50. The second-order valence-electron chi connectivity index (χ2n) is 10.4. The number of nitrogens with zero attached hydrogens (tertiary/aromatic N) is 4. The second-order valence-corrected chi connectivity index (χ2v) is 10.4. The van der Waals surface area contributed by atoms with Gasteiger partial charge in [-0.05, 0) is 26.4 Å². The van der Waals surface area contributed by atoms with E-state index in [2.05, 4.69) is 10.6 Å². The highest BCUT2D eigenvalue weighted by Gasteiger charge is 2.21. The summed E-state index contributed by atoms with van der Waals surface area (Å²) in [5, 5.41) is 43.6. The maximum atomic E-state index is 12.7. The molecule has 0 aromatic carbocycles. The number of aliphatic carboxylic acids is 2. The highest BCUT2D eigenvalue weighted by molar-refractivity contribution is 5.78. The Morgan fingerprint density at radius 1 is 0.628 bits per heavy atom. The van der Waals surface area contributed by atoms with Crippen LogP contribution in [0.4, 0.5) is 0 Å². The molecule has 16 nitrogen and oxygen atoms in total. The van der Waals surface area contributed by atoms with Crippen LogP contribution < -0.4 is 10.6 Å². The summed E-state index contributed by atoms with van der Waals surface area (Å²) < 4.78 is 16.5. The van der Waals surface area contributed by atoms with Gasteiger partial charge in [-0.25, -0.2) is 0 Å². The molecule has 16 heteroatoms. The van der Waals surface area contributed by atoms with Gasteiger partial charge in [0.25, 0.3) is 0 Å². The van der Waals surface area contributed by atoms with Gasteiger partial charge >= 0.3 is 11.9 Å². The molecule has 1 fully saturated rings. The van der Waals surface area contributed by atoms with E-state index in [-0.39, 0.29) is 32.1 Å². The fourth-order valence-electron chi connectivity index (χ4n) is 4.40. The van der Waals surface area contributed by atoms with Gasteiger partial charge in [-0.3, -0.25) is 34.0 Å². The third-order valence-corrected chi connectivity index (χ3v) is 6.68. The number of carbonyl (C=O) groups is 3.